The maximum Gasteiger partial charge on any atom is 0.321 e. The number of hydrogen-bond donors (Lipinski definition) is 2. The van der Waals surface area contributed by atoms with Gasteiger partial charge in [0.25, 0.3) is 5.52 Å². The van der Waals surface area contributed by atoms with Crippen molar-refractivity contribution in [3.63, 3.8) is 0 Å². The molecular weight excluding hydrogens is 442 g/mol. The minimum Gasteiger partial charge on any atom is -1.00 e. The molecule has 7 heteroatoms. The first-order valence-electron chi connectivity index (χ1n) is 5.15. The Labute approximate surface area is 138 Å². The molecule has 0 unspecified atom stereocenters. The standard InChI is InChI=1S/C12H8BrN3O.2BrH/c13-7-5-9-11(6-8(7)14)16-4-2-1-3-10(16)12(17)15-9;;/h1-6,14,17H;2*1H. The van der Waals surface area contributed by atoms with Crippen molar-refractivity contribution >= 4 is 38.2 Å². The van der Waals surface area contributed by atoms with Gasteiger partial charge in [-0.3, -0.25) is 4.79 Å². The van der Waals surface area contributed by atoms with Crippen molar-refractivity contribution in [1.29, 1.82) is 0 Å². The molecule has 19 heavy (non-hydrogen) atoms. The number of pyridine rings is 1. The Kier molecular flexibility index (Phi) is 5.26. The van der Waals surface area contributed by atoms with Crippen LogP contribution < -0.4 is 49.7 Å². The van der Waals surface area contributed by atoms with Gasteiger partial charge in [0.05, 0.1) is 10.5 Å². The van der Waals surface area contributed by atoms with Gasteiger partial charge in [0.2, 0.25) is 5.52 Å². The van der Waals surface area contributed by atoms with Crippen LogP contribution >= 0.6 is 15.9 Å². The molecule has 0 saturated carbocycles. The second-order valence-corrected chi connectivity index (χ2v) is 4.73. The SMILES string of the molecule is [Br-].[Br-].[NH3+]c1cc2c(cc1Br)[nH]c(=O)c1cccc[n+]12. The van der Waals surface area contributed by atoms with Crippen molar-refractivity contribution in [3.05, 3.63) is 51.4 Å². The highest BCUT2D eigenvalue weighted by atomic mass is 79.9. The van der Waals surface area contributed by atoms with E-state index in [1.54, 1.807) is 6.07 Å². The lowest BCUT2D eigenvalue weighted by Crippen LogP contribution is -3.00. The Bertz CT molecular complexity index is 801. The van der Waals surface area contributed by atoms with Gasteiger partial charge in [0, 0.05) is 12.1 Å². The molecule has 0 saturated heterocycles. The number of halogens is 3. The maximum atomic E-state index is 11.9. The van der Waals surface area contributed by atoms with Gasteiger partial charge in [0.15, 0.2) is 6.20 Å². The molecule has 100 valence electrons. The normalized spacial score (nSPS) is 10.0. The number of fused-ring (bicyclic) bond motifs is 3. The molecule has 3 aromatic rings. The molecule has 4 N–H and O–H groups in total. The van der Waals surface area contributed by atoms with Crippen LogP contribution in [0.25, 0.3) is 16.6 Å². The Morgan fingerprint density at radius 2 is 1.89 bits per heavy atom. The molecule has 2 aromatic heterocycles. The smallest absolute Gasteiger partial charge is 0.321 e. The fraction of sp³-hybridized carbons (Fsp3) is 0. The van der Waals surface area contributed by atoms with Crippen LogP contribution in [-0.2, 0) is 0 Å². The molecule has 0 amide bonds. The third kappa shape index (κ3) is 2.74. The van der Waals surface area contributed by atoms with Crippen molar-refractivity contribution in [2.24, 2.45) is 0 Å². The number of quaternary nitrogens is 1. The quantitative estimate of drug-likeness (QED) is 0.261. The number of H-pyrrole nitrogens is 1. The van der Waals surface area contributed by atoms with E-state index in [0.717, 1.165) is 21.2 Å². The predicted octanol–water partition coefficient (Wildman–Crippen LogP) is -5.09. The van der Waals surface area contributed by atoms with Crippen LogP contribution in [0.2, 0.25) is 0 Å². The summed E-state index contributed by atoms with van der Waals surface area (Å²) in [5, 5.41) is 0. The first-order valence-corrected chi connectivity index (χ1v) is 5.94. The molecule has 0 atom stereocenters. The Morgan fingerprint density at radius 3 is 2.63 bits per heavy atom. The summed E-state index contributed by atoms with van der Waals surface area (Å²) in [6, 6.07) is 9.36. The van der Waals surface area contributed by atoms with Crippen LogP contribution in [-0.4, -0.2) is 4.98 Å². The topological polar surface area (TPSA) is 64.6 Å². The average Bonchev–Trinajstić information content (AvgIpc) is 2.32. The summed E-state index contributed by atoms with van der Waals surface area (Å²) < 4.78 is 2.76. The van der Waals surface area contributed by atoms with Crippen LogP contribution in [0.1, 0.15) is 0 Å². The lowest BCUT2D eigenvalue weighted by atomic mass is 10.2. The molecule has 3 rings (SSSR count). The van der Waals surface area contributed by atoms with E-state index in [9.17, 15) is 4.79 Å². The van der Waals surface area contributed by atoms with Crippen molar-refractivity contribution in [3.8, 4) is 0 Å². The fourth-order valence-corrected chi connectivity index (χ4v) is 2.27. The van der Waals surface area contributed by atoms with E-state index in [4.69, 9.17) is 0 Å². The number of rotatable bonds is 0. The molecule has 0 aliphatic heterocycles. The van der Waals surface area contributed by atoms with E-state index in [1.807, 2.05) is 34.9 Å². The third-order valence-electron chi connectivity index (χ3n) is 2.76. The number of aromatic nitrogens is 2. The Balaban J connectivity index is 0.000000902. The molecular formula is C12H10Br3N3O. The Morgan fingerprint density at radius 1 is 1.16 bits per heavy atom. The molecule has 4 nitrogen and oxygen atoms in total. The van der Waals surface area contributed by atoms with Gasteiger partial charge >= 0.3 is 5.56 Å². The van der Waals surface area contributed by atoms with Crippen LogP contribution in [0.5, 0.6) is 0 Å². The summed E-state index contributed by atoms with van der Waals surface area (Å²) >= 11 is 3.41. The molecule has 2 heterocycles. The van der Waals surface area contributed by atoms with Gasteiger partial charge in [-0.1, -0.05) is 0 Å². The molecule has 0 radical (unpaired) electrons. The zero-order valence-electron chi connectivity index (χ0n) is 9.66. The zero-order valence-corrected chi connectivity index (χ0v) is 14.4. The monoisotopic (exact) mass is 449 g/mol. The second kappa shape index (κ2) is 6.13. The van der Waals surface area contributed by atoms with Gasteiger partial charge in [-0.15, -0.1) is 0 Å². The molecule has 0 fully saturated rings. The van der Waals surface area contributed by atoms with Gasteiger partial charge < -0.3 is 44.7 Å². The molecule has 0 spiro atoms. The zero-order chi connectivity index (χ0) is 12.0. The summed E-state index contributed by atoms with van der Waals surface area (Å²) in [4.78, 5) is 14.7. The molecule has 0 bridgehead atoms. The lowest BCUT2D eigenvalue weighted by Gasteiger charge is -1.98. The number of nitrogens with zero attached hydrogens (tertiary/aromatic N) is 1. The average molecular weight is 452 g/mol. The maximum absolute atomic E-state index is 11.9. The summed E-state index contributed by atoms with van der Waals surface area (Å²) in [7, 11) is 0. The van der Waals surface area contributed by atoms with E-state index < -0.39 is 0 Å². The van der Waals surface area contributed by atoms with Crippen LogP contribution in [0.3, 0.4) is 0 Å². The lowest BCUT2D eigenvalue weighted by molar-refractivity contribution is -0.482. The minimum absolute atomic E-state index is 0. The largest absolute Gasteiger partial charge is 1.00 e. The number of benzene rings is 1. The van der Waals surface area contributed by atoms with Crippen molar-refractivity contribution in [2.75, 3.05) is 0 Å². The summed E-state index contributed by atoms with van der Waals surface area (Å²) in [6.45, 7) is 0. The van der Waals surface area contributed by atoms with Gasteiger partial charge in [-0.2, -0.15) is 4.40 Å². The fourth-order valence-electron chi connectivity index (χ4n) is 1.93. The van der Waals surface area contributed by atoms with Crippen molar-refractivity contribution < 1.29 is 44.1 Å². The highest BCUT2D eigenvalue weighted by molar-refractivity contribution is 9.10. The van der Waals surface area contributed by atoms with E-state index in [0.29, 0.717) is 5.52 Å². The van der Waals surface area contributed by atoms with Gasteiger partial charge in [0.1, 0.15) is 11.2 Å². The van der Waals surface area contributed by atoms with Gasteiger partial charge in [-0.05, 0) is 28.1 Å². The summed E-state index contributed by atoms with van der Waals surface area (Å²) in [5.74, 6) is 0. The van der Waals surface area contributed by atoms with E-state index in [1.165, 1.54) is 0 Å². The first kappa shape index (κ1) is 16.3. The summed E-state index contributed by atoms with van der Waals surface area (Å²) in [5.41, 5.74) is 7.10. The first-order chi connectivity index (χ1) is 8.16. The van der Waals surface area contributed by atoms with Gasteiger partial charge in [-0.25, -0.2) is 0 Å². The number of aromatic amines is 1. The van der Waals surface area contributed by atoms with Crippen LogP contribution in [0, 0.1) is 0 Å². The van der Waals surface area contributed by atoms with E-state index >= 15 is 0 Å². The predicted molar refractivity (Wildman–Crippen MR) is 68.0 cm³/mol. The highest BCUT2D eigenvalue weighted by Crippen LogP contribution is 2.21. The van der Waals surface area contributed by atoms with Crippen LogP contribution in [0.4, 0.5) is 5.69 Å². The van der Waals surface area contributed by atoms with E-state index in [-0.39, 0.29) is 39.5 Å². The number of nitrogens with one attached hydrogen (secondary N) is 1. The second-order valence-electron chi connectivity index (χ2n) is 3.87. The van der Waals surface area contributed by atoms with E-state index in [2.05, 4.69) is 26.6 Å². The summed E-state index contributed by atoms with van der Waals surface area (Å²) in [6.07, 6.45) is 1.88. The van der Waals surface area contributed by atoms with Crippen molar-refractivity contribution in [1.82, 2.24) is 4.98 Å². The highest BCUT2D eigenvalue weighted by Gasteiger charge is 2.15. The molecule has 0 aliphatic carbocycles. The Hall–Kier alpha value is -0.760. The van der Waals surface area contributed by atoms with Crippen LogP contribution in [0.15, 0.2) is 45.8 Å². The minimum atomic E-state index is -0.0955. The van der Waals surface area contributed by atoms with Crippen molar-refractivity contribution in [2.45, 2.75) is 0 Å². The number of hydrogen-bond acceptors (Lipinski definition) is 1. The molecule has 0 aliphatic rings. The third-order valence-corrected chi connectivity index (χ3v) is 3.50. The molecule has 1 aromatic carbocycles.